The van der Waals surface area contributed by atoms with Gasteiger partial charge in [0.15, 0.2) is 0 Å². The molecule has 0 atom stereocenters. The lowest BCUT2D eigenvalue weighted by molar-refractivity contribution is -0.0246. The fourth-order valence-corrected chi connectivity index (χ4v) is 3.60. The van der Waals surface area contributed by atoms with Crippen molar-refractivity contribution < 1.29 is 9.84 Å². The number of aliphatic hydroxyl groups is 1. The minimum Gasteiger partial charge on any atom is -0.387 e. The van der Waals surface area contributed by atoms with E-state index in [0.29, 0.717) is 0 Å². The Kier molecular flexibility index (Phi) is 6.02. The van der Waals surface area contributed by atoms with Crippen molar-refractivity contribution in [3.63, 3.8) is 0 Å². The van der Waals surface area contributed by atoms with Crippen LogP contribution in [-0.2, 0) is 11.2 Å². The van der Waals surface area contributed by atoms with Crippen LogP contribution in [0, 0.1) is 0 Å². The number of benzene rings is 1. The first-order valence-corrected chi connectivity index (χ1v) is 8.11. The SMILES string of the molecule is Cl.OC1(CCCOCCc2csc3ccccc23)CNC1. The van der Waals surface area contributed by atoms with Gasteiger partial charge in [-0.2, -0.15) is 0 Å². The summed E-state index contributed by atoms with van der Waals surface area (Å²) in [6.45, 7) is 2.96. The van der Waals surface area contributed by atoms with Crippen LogP contribution in [0.4, 0.5) is 0 Å². The zero-order chi connectivity index (χ0) is 13.8. The molecule has 0 aliphatic carbocycles. The van der Waals surface area contributed by atoms with Crippen LogP contribution in [0.25, 0.3) is 10.1 Å². The van der Waals surface area contributed by atoms with Gasteiger partial charge in [0.1, 0.15) is 0 Å². The molecule has 2 heterocycles. The Morgan fingerprint density at radius 1 is 1.24 bits per heavy atom. The molecule has 1 fully saturated rings. The van der Waals surface area contributed by atoms with E-state index in [-0.39, 0.29) is 12.4 Å². The molecule has 0 amide bonds. The first kappa shape index (κ1) is 16.7. The number of halogens is 1. The van der Waals surface area contributed by atoms with E-state index in [9.17, 15) is 5.11 Å². The summed E-state index contributed by atoms with van der Waals surface area (Å²) < 4.78 is 7.04. The van der Waals surface area contributed by atoms with Crippen molar-refractivity contribution in [3.05, 3.63) is 35.2 Å². The van der Waals surface area contributed by atoms with Gasteiger partial charge in [0.2, 0.25) is 0 Å². The minimum absolute atomic E-state index is 0. The maximum absolute atomic E-state index is 9.92. The van der Waals surface area contributed by atoms with Crippen LogP contribution in [0.15, 0.2) is 29.6 Å². The van der Waals surface area contributed by atoms with Crippen LogP contribution in [0.3, 0.4) is 0 Å². The number of hydrogen-bond acceptors (Lipinski definition) is 4. The van der Waals surface area contributed by atoms with E-state index in [1.807, 2.05) is 0 Å². The molecule has 1 aromatic heterocycles. The van der Waals surface area contributed by atoms with Gasteiger partial charge in [-0.3, -0.25) is 0 Å². The van der Waals surface area contributed by atoms with E-state index in [2.05, 4.69) is 35.0 Å². The molecule has 1 saturated heterocycles. The van der Waals surface area contributed by atoms with Gasteiger partial charge in [0, 0.05) is 24.4 Å². The van der Waals surface area contributed by atoms with Gasteiger partial charge < -0.3 is 15.2 Å². The third-order valence-corrected chi connectivity index (χ3v) is 4.93. The third kappa shape index (κ3) is 4.18. The van der Waals surface area contributed by atoms with Crippen LogP contribution in [-0.4, -0.2) is 37.0 Å². The Balaban J connectivity index is 0.00000161. The van der Waals surface area contributed by atoms with Crippen molar-refractivity contribution in [1.82, 2.24) is 5.32 Å². The van der Waals surface area contributed by atoms with Crippen LogP contribution >= 0.6 is 23.7 Å². The van der Waals surface area contributed by atoms with Crippen LogP contribution in [0.2, 0.25) is 0 Å². The average molecular weight is 328 g/mol. The Hall–Kier alpha value is -0.650. The van der Waals surface area contributed by atoms with Gasteiger partial charge in [0.05, 0.1) is 12.2 Å². The Morgan fingerprint density at radius 3 is 2.81 bits per heavy atom. The first-order valence-electron chi connectivity index (χ1n) is 7.23. The summed E-state index contributed by atoms with van der Waals surface area (Å²) in [4.78, 5) is 0. The molecular formula is C16H22ClNO2S. The highest BCUT2D eigenvalue weighted by Crippen LogP contribution is 2.25. The van der Waals surface area contributed by atoms with Gasteiger partial charge in [-0.25, -0.2) is 0 Å². The summed E-state index contributed by atoms with van der Waals surface area (Å²) in [5.41, 5.74) is 0.917. The molecule has 21 heavy (non-hydrogen) atoms. The Bertz CT molecular complexity index is 568. The van der Waals surface area contributed by atoms with Crippen molar-refractivity contribution in [2.24, 2.45) is 0 Å². The summed E-state index contributed by atoms with van der Waals surface area (Å²) in [5, 5.41) is 16.6. The number of β-amino-alcohol motifs (C(OH)–C–C–N with tert-alkyl or cyclic N) is 1. The lowest BCUT2D eigenvalue weighted by Gasteiger charge is -2.37. The Labute approximate surface area is 135 Å². The van der Waals surface area contributed by atoms with Crippen LogP contribution in [0.5, 0.6) is 0 Å². The molecular weight excluding hydrogens is 306 g/mol. The normalized spacial score (nSPS) is 16.4. The topological polar surface area (TPSA) is 41.5 Å². The van der Waals surface area contributed by atoms with Crippen LogP contribution < -0.4 is 5.32 Å². The van der Waals surface area contributed by atoms with E-state index < -0.39 is 5.60 Å². The molecule has 3 rings (SSSR count). The molecule has 116 valence electrons. The maximum atomic E-state index is 9.92. The number of thiophene rings is 1. The second kappa shape index (κ2) is 7.56. The lowest BCUT2D eigenvalue weighted by atomic mass is 9.92. The smallest absolute Gasteiger partial charge is 0.0895 e. The number of ether oxygens (including phenoxy) is 1. The first-order chi connectivity index (χ1) is 9.77. The van der Waals surface area contributed by atoms with Crippen molar-refractivity contribution in [3.8, 4) is 0 Å². The monoisotopic (exact) mass is 327 g/mol. The van der Waals surface area contributed by atoms with Gasteiger partial charge in [-0.1, -0.05) is 18.2 Å². The standard InChI is InChI=1S/C16H21NO2S.ClH/c18-16(11-17-12-16)7-3-8-19-9-6-13-10-20-15-5-2-1-4-14(13)15;/h1-2,4-5,10,17-18H,3,6-9,11-12H2;1H. The summed E-state index contributed by atoms with van der Waals surface area (Å²) in [5.74, 6) is 0. The molecule has 2 aromatic rings. The van der Waals surface area contributed by atoms with Gasteiger partial charge in [-0.05, 0) is 41.7 Å². The second-order valence-corrected chi connectivity index (χ2v) is 6.46. The van der Waals surface area contributed by atoms with Gasteiger partial charge in [0.25, 0.3) is 0 Å². The summed E-state index contributed by atoms with van der Waals surface area (Å²) in [7, 11) is 0. The second-order valence-electron chi connectivity index (χ2n) is 5.55. The van der Waals surface area contributed by atoms with E-state index in [0.717, 1.165) is 45.6 Å². The predicted octanol–water partition coefficient (Wildman–Crippen LogP) is 3.00. The number of rotatable bonds is 7. The number of nitrogens with one attached hydrogen (secondary N) is 1. The van der Waals surface area contributed by atoms with Crippen molar-refractivity contribution in [2.75, 3.05) is 26.3 Å². The third-order valence-electron chi connectivity index (χ3n) is 3.92. The zero-order valence-electron chi connectivity index (χ0n) is 12.0. The van der Waals surface area contributed by atoms with Gasteiger partial charge >= 0.3 is 0 Å². The fraction of sp³-hybridized carbons (Fsp3) is 0.500. The van der Waals surface area contributed by atoms with Crippen molar-refractivity contribution in [2.45, 2.75) is 24.9 Å². The minimum atomic E-state index is -0.465. The molecule has 0 saturated carbocycles. The molecule has 0 spiro atoms. The largest absolute Gasteiger partial charge is 0.387 e. The van der Waals surface area contributed by atoms with E-state index >= 15 is 0 Å². The highest BCUT2D eigenvalue weighted by molar-refractivity contribution is 7.17. The predicted molar refractivity (Wildman–Crippen MR) is 90.6 cm³/mol. The molecule has 0 radical (unpaired) electrons. The van der Waals surface area contributed by atoms with E-state index in [4.69, 9.17) is 4.74 Å². The fourth-order valence-electron chi connectivity index (χ4n) is 2.60. The Morgan fingerprint density at radius 2 is 2.05 bits per heavy atom. The molecule has 3 nitrogen and oxygen atoms in total. The average Bonchev–Trinajstić information content (AvgIpc) is 2.84. The molecule has 1 aromatic carbocycles. The lowest BCUT2D eigenvalue weighted by Crippen LogP contribution is -2.59. The number of hydrogen-bond donors (Lipinski definition) is 2. The summed E-state index contributed by atoms with van der Waals surface area (Å²) >= 11 is 1.80. The van der Waals surface area contributed by atoms with Crippen molar-refractivity contribution in [1.29, 1.82) is 0 Å². The quantitative estimate of drug-likeness (QED) is 0.768. The molecule has 1 aliphatic heterocycles. The number of fused-ring (bicyclic) bond motifs is 1. The molecule has 2 N–H and O–H groups in total. The highest BCUT2D eigenvalue weighted by atomic mass is 35.5. The maximum Gasteiger partial charge on any atom is 0.0895 e. The summed E-state index contributed by atoms with van der Waals surface area (Å²) in [6.07, 6.45) is 2.74. The van der Waals surface area contributed by atoms with Gasteiger partial charge in [-0.15, -0.1) is 23.7 Å². The van der Waals surface area contributed by atoms with Crippen LogP contribution in [0.1, 0.15) is 18.4 Å². The molecule has 0 bridgehead atoms. The summed E-state index contributed by atoms with van der Waals surface area (Å²) in [6, 6.07) is 8.52. The highest BCUT2D eigenvalue weighted by Gasteiger charge is 2.33. The molecule has 1 aliphatic rings. The molecule has 5 heteroatoms. The zero-order valence-corrected chi connectivity index (χ0v) is 13.6. The van der Waals surface area contributed by atoms with Crippen molar-refractivity contribution >= 4 is 33.8 Å². The van der Waals surface area contributed by atoms with E-state index in [1.165, 1.54) is 15.6 Å². The van der Waals surface area contributed by atoms with E-state index in [1.54, 1.807) is 11.3 Å². The molecule has 0 unspecified atom stereocenters.